The Labute approximate surface area is 105 Å². The molecule has 2 N–H and O–H groups in total. The molecule has 0 saturated heterocycles. The molecule has 0 bridgehead atoms. The highest BCUT2D eigenvalue weighted by Crippen LogP contribution is 1.89. The minimum absolute atomic E-state index is 0.00579. The number of amides is 1. The van der Waals surface area contributed by atoms with Crippen LogP contribution in [0, 0.1) is 0 Å². The van der Waals surface area contributed by atoms with Crippen LogP contribution in [0.1, 0.15) is 39.5 Å². The fourth-order valence-electron chi connectivity index (χ4n) is 0.737. The summed E-state index contributed by atoms with van der Waals surface area (Å²) < 4.78 is 0. The topological polar surface area (TPSA) is 110 Å². The van der Waals surface area contributed by atoms with Crippen LogP contribution in [0.5, 0.6) is 0 Å². The van der Waals surface area contributed by atoms with E-state index in [0.29, 0.717) is 0 Å². The maximum Gasteiger partial charge on any atom is 0.303 e. The molecule has 0 unspecified atom stereocenters. The number of carboxylic acid groups (broad SMARTS) is 1. The van der Waals surface area contributed by atoms with Crippen molar-refractivity contribution in [2.45, 2.75) is 39.5 Å². The molecule has 0 saturated carbocycles. The van der Waals surface area contributed by atoms with E-state index in [4.69, 9.17) is 5.11 Å². The molecule has 0 atom stereocenters. The summed E-state index contributed by atoms with van der Waals surface area (Å²) in [6.45, 7) is 2.82. The van der Waals surface area contributed by atoms with Crippen molar-refractivity contribution in [1.82, 2.24) is 5.48 Å². The quantitative estimate of drug-likeness (QED) is 0.645. The Bertz CT molecular complexity index is 286. The monoisotopic (exact) mass is 261 g/mol. The summed E-state index contributed by atoms with van der Waals surface area (Å²) >= 11 is 0. The summed E-state index contributed by atoms with van der Waals surface area (Å²) in [5, 5.41) is 8.01. The van der Waals surface area contributed by atoms with Gasteiger partial charge in [0.2, 0.25) is 5.91 Å². The molecule has 0 radical (unpaired) electrons. The second kappa shape index (κ2) is 11.7. The predicted molar refractivity (Wildman–Crippen MR) is 62.6 cm³/mol. The number of nitrogens with one attached hydrogen (secondary N) is 1. The van der Waals surface area contributed by atoms with Crippen LogP contribution in [0.15, 0.2) is 0 Å². The summed E-state index contributed by atoms with van der Waals surface area (Å²) in [5.74, 6) is -1.25. The van der Waals surface area contributed by atoms with Gasteiger partial charge in [0.05, 0.1) is 13.5 Å². The lowest BCUT2D eigenvalue weighted by molar-refractivity contribution is -0.138. The first-order valence-electron chi connectivity index (χ1n) is 5.32. The lowest BCUT2D eigenvalue weighted by Gasteiger charge is -1.98. The van der Waals surface area contributed by atoms with Gasteiger partial charge in [-0.05, 0) is 13.8 Å². The van der Waals surface area contributed by atoms with Gasteiger partial charge in [0.25, 0.3) is 0 Å². The fraction of sp³-hybridized carbons (Fsp3) is 0.636. The first-order chi connectivity index (χ1) is 8.29. The van der Waals surface area contributed by atoms with E-state index in [-0.39, 0.29) is 43.2 Å². The Balaban J connectivity index is 0. The van der Waals surface area contributed by atoms with Crippen molar-refractivity contribution in [2.24, 2.45) is 0 Å². The Hall–Kier alpha value is -1.76. The highest BCUT2D eigenvalue weighted by molar-refractivity contribution is 5.83. The maximum absolute atomic E-state index is 10.6. The summed E-state index contributed by atoms with van der Waals surface area (Å²) in [6.07, 6.45) is 0.572. The molecule has 7 nitrogen and oxygen atoms in total. The number of carboxylic acids is 1. The van der Waals surface area contributed by atoms with Gasteiger partial charge in [-0.3, -0.25) is 14.4 Å². The van der Waals surface area contributed by atoms with Gasteiger partial charge < -0.3 is 14.7 Å². The Morgan fingerprint density at radius 1 is 0.944 bits per heavy atom. The molecule has 1 amide bonds. The Kier molecular flexibility index (Phi) is 12.1. The molecular formula is C11H19NO6. The highest BCUT2D eigenvalue weighted by Gasteiger charge is 2.01. The van der Waals surface area contributed by atoms with Gasteiger partial charge >= 0.3 is 5.97 Å². The van der Waals surface area contributed by atoms with E-state index in [1.165, 1.54) is 21.0 Å². The van der Waals surface area contributed by atoms with Crippen LogP contribution in [0.4, 0.5) is 0 Å². The molecule has 0 rings (SSSR count). The van der Waals surface area contributed by atoms with E-state index >= 15 is 0 Å². The molecule has 0 aromatic carbocycles. The van der Waals surface area contributed by atoms with Crippen LogP contribution in [0.3, 0.4) is 0 Å². The van der Waals surface area contributed by atoms with E-state index in [2.05, 4.69) is 10.3 Å². The standard InChI is InChI=1S/C6H11NO3.C5H8O3/c1-5(8)3-4-6(9)7-10-2;1-4(6)2-3-5(7)8/h3-4H2,1-2H3,(H,7,9);2-3H2,1H3,(H,7,8). The smallest absolute Gasteiger partial charge is 0.303 e. The van der Waals surface area contributed by atoms with Gasteiger partial charge in [-0.2, -0.15) is 0 Å². The molecule has 0 heterocycles. The van der Waals surface area contributed by atoms with Crippen LogP contribution >= 0.6 is 0 Å². The second-order valence-corrected chi connectivity index (χ2v) is 3.53. The Morgan fingerprint density at radius 3 is 1.67 bits per heavy atom. The third-order valence-corrected chi connectivity index (χ3v) is 1.61. The van der Waals surface area contributed by atoms with Crippen LogP contribution in [-0.2, 0) is 24.0 Å². The minimum atomic E-state index is -0.916. The van der Waals surface area contributed by atoms with Gasteiger partial charge in [0.15, 0.2) is 0 Å². The third-order valence-electron chi connectivity index (χ3n) is 1.61. The van der Waals surface area contributed by atoms with Crippen molar-refractivity contribution in [3.05, 3.63) is 0 Å². The molecule has 0 aromatic heterocycles. The molecular weight excluding hydrogens is 242 g/mol. The van der Waals surface area contributed by atoms with E-state index in [0.717, 1.165) is 0 Å². The molecule has 0 aromatic rings. The number of rotatable bonds is 7. The second-order valence-electron chi connectivity index (χ2n) is 3.53. The van der Waals surface area contributed by atoms with Crippen LogP contribution < -0.4 is 5.48 Å². The van der Waals surface area contributed by atoms with Crippen molar-refractivity contribution in [3.8, 4) is 0 Å². The van der Waals surface area contributed by atoms with Crippen molar-refractivity contribution < 1.29 is 29.1 Å². The fourth-order valence-corrected chi connectivity index (χ4v) is 0.737. The SMILES string of the molecule is CC(=O)CCC(=O)O.CONC(=O)CCC(C)=O. The zero-order valence-electron chi connectivity index (χ0n) is 10.8. The average Bonchev–Trinajstić information content (AvgIpc) is 2.25. The number of hydroxylamine groups is 1. The molecule has 0 aliphatic heterocycles. The van der Waals surface area contributed by atoms with Crippen LogP contribution in [0.25, 0.3) is 0 Å². The number of carbonyl (C=O) groups is 4. The molecule has 18 heavy (non-hydrogen) atoms. The van der Waals surface area contributed by atoms with Crippen molar-refractivity contribution in [2.75, 3.05) is 7.11 Å². The first-order valence-corrected chi connectivity index (χ1v) is 5.32. The highest BCUT2D eigenvalue weighted by atomic mass is 16.6. The molecule has 0 aliphatic rings. The predicted octanol–water partition coefficient (Wildman–Crippen LogP) is 0.473. The normalized spacial score (nSPS) is 8.83. The van der Waals surface area contributed by atoms with Crippen molar-refractivity contribution >= 4 is 23.4 Å². The van der Waals surface area contributed by atoms with E-state index in [1.54, 1.807) is 0 Å². The largest absolute Gasteiger partial charge is 0.481 e. The molecule has 0 spiro atoms. The molecule has 104 valence electrons. The number of Topliss-reactive ketones (excluding diaryl/α,β-unsaturated/α-hetero) is 2. The first kappa shape index (κ1) is 18.6. The van der Waals surface area contributed by atoms with Crippen LogP contribution in [-0.4, -0.2) is 35.7 Å². The lowest BCUT2D eigenvalue weighted by Crippen LogP contribution is -2.21. The average molecular weight is 261 g/mol. The number of aliphatic carboxylic acids is 1. The molecule has 0 aliphatic carbocycles. The van der Waals surface area contributed by atoms with Gasteiger partial charge in [0, 0.05) is 19.3 Å². The zero-order valence-corrected chi connectivity index (χ0v) is 10.8. The molecule has 7 heteroatoms. The van der Waals surface area contributed by atoms with E-state index in [9.17, 15) is 19.2 Å². The van der Waals surface area contributed by atoms with Crippen LogP contribution in [0.2, 0.25) is 0 Å². The maximum atomic E-state index is 10.6. The lowest BCUT2D eigenvalue weighted by atomic mass is 10.2. The van der Waals surface area contributed by atoms with E-state index in [1.807, 2.05) is 0 Å². The summed E-state index contributed by atoms with van der Waals surface area (Å²) in [4.78, 5) is 45.1. The summed E-state index contributed by atoms with van der Waals surface area (Å²) in [6, 6.07) is 0. The third kappa shape index (κ3) is 19.8. The van der Waals surface area contributed by atoms with Gasteiger partial charge in [-0.1, -0.05) is 0 Å². The van der Waals surface area contributed by atoms with Gasteiger partial charge in [0.1, 0.15) is 11.6 Å². The van der Waals surface area contributed by atoms with Crippen molar-refractivity contribution in [1.29, 1.82) is 0 Å². The number of hydrogen-bond acceptors (Lipinski definition) is 5. The number of ketones is 2. The van der Waals surface area contributed by atoms with Gasteiger partial charge in [-0.25, -0.2) is 5.48 Å². The van der Waals surface area contributed by atoms with E-state index < -0.39 is 5.97 Å². The van der Waals surface area contributed by atoms with Crippen molar-refractivity contribution in [3.63, 3.8) is 0 Å². The Morgan fingerprint density at radius 2 is 1.39 bits per heavy atom. The zero-order chi connectivity index (χ0) is 14.6. The summed E-state index contributed by atoms with van der Waals surface area (Å²) in [5.41, 5.74) is 2.11. The molecule has 0 fully saturated rings. The minimum Gasteiger partial charge on any atom is -0.481 e. The van der Waals surface area contributed by atoms with Gasteiger partial charge in [-0.15, -0.1) is 0 Å². The number of carbonyl (C=O) groups excluding carboxylic acids is 3. The number of hydrogen-bond donors (Lipinski definition) is 2. The summed E-state index contributed by atoms with van der Waals surface area (Å²) in [7, 11) is 1.35.